The number of hydrogen-bond donors (Lipinski definition) is 1. The van der Waals surface area contributed by atoms with Crippen LogP contribution >= 0.6 is 27.5 Å². The zero-order valence-electron chi connectivity index (χ0n) is 11.8. The molecule has 2 unspecified atom stereocenters. The topological polar surface area (TPSA) is 38.5 Å². The Hall–Kier alpha value is -0.130. The fraction of sp³-hybridized carbons (Fsp3) is 0.600. The van der Waals surface area contributed by atoms with Crippen LogP contribution in [0.15, 0.2) is 22.7 Å². The molecular weight excluding hydrogens is 340 g/mol. The summed E-state index contributed by atoms with van der Waals surface area (Å²) in [5, 5.41) is 0.789. The Kier molecular flexibility index (Phi) is 6.30. The van der Waals surface area contributed by atoms with Crippen molar-refractivity contribution in [1.29, 1.82) is 0 Å². The van der Waals surface area contributed by atoms with Gasteiger partial charge in [0.15, 0.2) is 0 Å². The molecule has 0 saturated carbocycles. The molecule has 1 heterocycles. The lowest BCUT2D eigenvalue weighted by molar-refractivity contribution is 0.0697. The maximum Gasteiger partial charge on any atom is 0.0502 e. The van der Waals surface area contributed by atoms with Gasteiger partial charge >= 0.3 is 0 Å². The Bertz CT molecular complexity index is 442. The number of piperidine rings is 1. The first-order valence-electron chi connectivity index (χ1n) is 7.03. The molecule has 2 rings (SSSR count). The van der Waals surface area contributed by atoms with Gasteiger partial charge in [-0.3, -0.25) is 4.90 Å². The molecule has 3 nitrogen and oxygen atoms in total. The molecule has 1 aliphatic heterocycles. The third-order valence-electron chi connectivity index (χ3n) is 3.93. The molecule has 1 fully saturated rings. The van der Waals surface area contributed by atoms with E-state index in [1.807, 2.05) is 12.1 Å². The van der Waals surface area contributed by atoms with Gasteiger partial charge in [0.05, 0.1) is 6.61 Å². The summed E-state index contributed by atoms with van der Waals surface area (Å²) in [6, 6.07) is 6.16. The number of nitrogens with two attached hydrogens (primary N) is 1. The third-order valence-corrected chi connectivity index (χ3v) is 4.77. The third kappa shape index (κ3) is 3.95. The van der Waals surface area contributed by atoms with Crippen molar-refractivity contribution in [1.82, 2.24) is 4.90 Å². The largest absolute Gasteiger partial charge is 0.384 e. The summed E-state index contributed by atoms with van der Waals surface area (Å²) < 4.78 is 6.34. The lowest BCUT2D eigenvalue weighted by atomic mass is 9.95. The van der Waals surface area contributed by atoms with Crippen molar-refractivity contribution >= 4 is 27.5 Å². The van der Waals surface area contributed by atoms with Crippen LogP contribution in [-0.2, 0) is 4.74 Å². The van der Waals surface area contributed by atoms with Crippen LogP contribution in [0, 0.1) is 5.92 Å². The van der Waals surface area contributed by atoms with Crippen LogP contribution < -0.4 is 5.73 Å². The van der Waals surface area contributed by atoms with Crippen LogP contribution in [0.4, 0.5) is 0 Å². The van der Waals surface area contributed by atoms with Crippen molar-refractivity contribution in [3.63, 3.8) is 0 Å². The summed E-state index contributed by atoms with van der Waals surface area (Å²) in [6.07, 6.45) is 2.42. The minimum absolute atomic E-state index is 0.180. The fourth-order valence-electron chi connectivity index (χ4n) is 2.99. The summed E-state index contributed by atoms with van der Waals surface area (Å²) in [6.45, 7) is 3.50. The van der Waals surface area contributed by atoms with Gasteiger partial charge in [0.25, 0.3) is 0 Å². The minimum atomic E-state index is 0.180. The van der Waals surface area contributed by atoms with Crippen molar-refractivity contribution in [2.45, 2.75) is 18.9 Å². The normalized spacial score (nSPS) is 21.9. The Morgan fingerprint density at radius 2 is 2.35 bits per heavy atom. The van der Waals surface area contributed by atoms with Crippen LogP contribution in [0.3, 0.4) is 0 Å². The molecule has 0 bridgehead atoms. The predicted molar refractivity (Wildman–Crippen MR) is 87.1 cm³/mol. The van der Waals surface area contributed by atoms with Gasteiger partial charge in [0.2, 0.25) is 0 Å². The second kappa shape index (κ2) is 7.76. The fourth-order valence-corrected chi connectivity index (χ4v) is 3.62. The van der Waals surface area contributed by atoms with Gasteiger partial charge in [-0.1, -0.05) is 27.5 Å². The molecule has 1 aromatic rings. The van der Waals surface area contributed by atoms with Crippen molar-refractivity contribution in [2.75, 3.05) is 33.4 Å². The summed E-state index contributed by atoms with van der Waals surface area (Å²) in [7, 11) is 1.77. The summed E-state index contributed by atoms with van der Waals surface area (Å²) >= 11 is 9.88. The highest BCUT2D eigenvalue weighted by molar-refractivity contribution is 9.10. The highest BCUT2D eigenvalue weighted by atomic mass is 79.9. The van der Waals surface area contributed by atoms with Crippen LogP contribution in [-0.4, -0.2) is 38.3 Å². The first kappa shape index (κ1) is 16.2. The second-order valence-corrected chi connectivity index (χ2v) is 6.70. The Morgan fingerprint density at radius 1 is 1.55 bits per heavy atom. The van der Waals surface area contributed by atoms with Gasteiger partial charge in [-0.05, 0) is 49.1 Å². The van der Waals surface area contributed by atoms with Crippen LogP contribution in [0.1, 0.15) is 24.4 Å². The van der Waals surface area contributed by atoms with Crippen molar-refractivity contribution < 1.29 is 4.74 Å². The standard InChI is InChI=1S/C15H22BrClN2O/c1-20-10-11-3-2-6-19(9-11)15(8-18)13-7-12(16)4-5-14(13)17/h4-5,7,11,15H,2-3,6,8-10,18H2,1H3. The predicted octanol–water partition coefficient (Wildman–Crippen LogP) is 3.46. The smallest absolute Gasteiger partial charge is 0.0502 e. The molecule has 112 valence electrons. The quantitative estimate of drug-likeness (QED) is 0.873. The van der Waals surface area contributed by atoms with E-state index in [4.69, 9.17) is 22.1 Å². The zero-order valence-corrected chi connectivity index (χ0v) is 14.2. The highest BCUT2D eigenvalue weighted by Crippen LogP contribution is 2.32. The van der Waals surface area contributed by atoms with E-state index < -0.39 is 0 Å². The van der Waals surface area contributed by atoms with Crippen molar-refractivity contribution in [3.8, 4) is 0 Å². The Morgan fingerprint density at radius 3 is 3.05 bits per heavy atom. The van der Waals surface area contributed by atoms with E-state index in [1.165, 1.54) is 12.8 Å². The molecule has 1 aromatic carbocycles. The first-order valence-corrected chi connectivity index (χ1v) is 8.20. The van der Waals surface area contributed by atoms with Crippen LogP contribution in [0.5, 0.6) is 0 Å². The molecule has 20 heavy (non-hydrogen) atoms. The Labute approximate surface area is 134 Å². The SMILES string of the molecule is COCC1CCCN(C(CN)c2cc(Br)ccc2Cl)C1. The van der Waals surface area contributed by atoms with E-state index in [-0.39, 0.29) is 6.04 Å². The zero-order chi connectivity index (χ0) is 14.5. The molecule has 1 aliphatic rings. The Balaban J connectivity index is 2.16. The number of likely N-dealkylation sites (tertiary alicyclic amines) is 1. The molecule has 0 radical (unpaired) electrons. The van der Waals surface area contributed by atoms with Crippen LogP contribution in [0.25, 0.3) is 0 Å². The van der Waals surface area contributed by atoms with Gasteiger partial charge in [-0.25, -0.2) is 0 Å². The van der Waals surface area contributed by atoms with Crippen LogP contribution in [0.2, 0.25) is 5.02 Å². The number of halogens is 2. The number of methoxy groups -OCH3 is 1. The van der Waals surface area contributed by atoms with E-state index in [9.17, 15) is 0 Å². The molecule has 2 atom stereocenters. The molecular formula is C15H22BrClN2O. The van der Waals surface area contributed by atoms with Crippen molar-refractivity contribution in [2.24, 2.45) is 11.7 Å². The maximum atomic E-state index is 6.36. The van der Waals surface area contributed by atoms with Gasteiger partial charge < -0.3 is 10.5 Å². The number of ether oxygens (including phenoxy) is 1. The van der Waals surface area contributed by atoms with Gasteiger partial charge in [-0.15, -0.1) is 0 Å². The van der Waals surface area contributed by atoms with E-state index in [0.29, 0.717) is 12.5 Å². The molecule has 0 aromatic heterocycles. The molecule has 5 heteroatoms. The number of rotatable bonds is 5. The lowest BCUT2D eigenvalue weighted by Crippen LogP contribution is -2.42. The summed E-state index contributed by atoms with van der Waals surface area (Å²) in [5.41, 5.74) is 7.14. The highest BCUT2D eigenvalue weighted by Gasteiger charge is 2.27. The first-order chi connectivity index (χ1) is 9.65. The molecule has 0 spiro atoms. The second-order valence-electron chi connectivity index (χ2n) is 5.38. The van der Waals surface area contributed by atoms with Gasteiger partial charge in [0, 0.05) is 35.7 Å². The molecule has 2 N–H and O–H groups in total. The number of benzene rings is 1. The number of nitrogens with zero attached hydrogens (tertiary/aromatic N) is 1. The number of hydrogen-bond acceptors (Lipinski definition) is 3. The van der Waals surface area contributed by atoms with E-state index in [2.05, 4.69) is 26.9 Å². The van der Waals surface area contributed by atoms with Gasteiger partial charge in [0.1, 0.15) is 0 Å². The summed E-state index contributed by atoms with van der Waals surface area (Å²) in [5.74, 6) is 0.591. The van der Waals surface area contributed by atoms with Crippen molar-refractivity contribution in [3.05, 3.63) is 33.3 Å². The summed E-state index contributed by atoms with van der Waals surface area (Å²) in [4.78, 5) is 2.45. The average Bonchev–Trinajstić information content (AvgIpc) is 2.44. The minimum Gasteiger partial charge on any atom is -0.384 e. The monoisotopic (exact) mass is 360 g/mol. The average molecular weight is 362 g/mol. The van der Waals surface area contributed by atoms with Gasteiger partial charge in [-0.2, -0.15) is 0 Å². The maximum absolute atomic E-state index is 6.36. The van der Waals surface area contributed by atoms with E-state index in [1.54, 1.807) is 7.11 Å². The van der Waals surface area contributed by atoms with E-state index >= 15 is 0 Å². The molecule has 0 aliphatic carbocycles. The lowest BCUT2D eigenvalue weighted by Gasteiger charge is -2.38. The van der Waals surface area contributed by atoms with E-state index in [0.717, 1.165) is 34.8 Å². The molecule has 1 saturated heterocycles. The molecule has 0 amide bonds.